The van der Waals surface area contributed by atoms with Crippen LogP contribution in [-0.4, -0.2) is 25.1 Å². The summed E-state index contributed by atoms with van der Waals surface area (Å²) in [6.07, 6.45) is 0. The van der Waals surface area contributed by atoms with Crippen LogP contribution in [0.2, 0.25) is 0 Å². The summed E-state index contributed by atoms with van der Waals surface area (Å²) >= 11 is 0. The quantitative estimate of drug-likeness (QED) is 0.792. The molecule has 0 bridgehead atoms. The molecule has 0 aliphatic carbocycles. The summed E-state index contributed by atoms with van der Waals surface area (Å²) < 4.78 is 5.82. The van der Waals surface area contributed by atoms with Crippen molar-refractivity contribution < 1.29 is 14.4 Å². The molecule has 0 aliphatic heterocycles. The Bertz CT molecular complexity index is 611. The van der Waals surface area contributed by atoms with E-state index in [1.54, 1.807) is 19.2 Å². The highest BCUT2D eigenvalue weighted by Gasteiger charge is 2.13. The minimum Gasteiger partial charge on any atom is -0.489 e. The fourth-order valence-electron chi connectivity index (χ4n) is 1.89. The summed E-state index contributed by atoms with van der Waals surface area (Å²) in [5, 5.41) is 1.19. The Kier molecular flexibility index (Phi) is 4.95. The van der Waals surface area contributed by atoms with E-state index in [1.165, 1.54) is 12.2 Å². The molecule has 0 spiro atoms. The van der Waals surface area contributed by atoms with Crippen LogP contribution in [0.5, 0.6) is 5.75 Å². The van der Waals surface area contributed by atoms with E-state index in [-0.39, 0.29) is 5.91 Å². The predicted molar refractivity (Wildman–Crippen MR) is 81.1 cm³/mol. The molecule has 0 heterocycles. The van der Waals surface area contributed by atoms with Crippen molar-refractivity contribution in [3.63, 3.8) is 0 Å². The highest BCUT2D eigenvalue weighted by Crippen LogP contribution is 2.21. The number of aryl methyl sites for hydroxylation is 1. The van der Waals surface area contributed by atoms with Gasteiger partial charge in [0.1, 0.15) is 12.4 Å². The van der Waals surface area contributed by atoms with E-state index in [4.69, 9.17) is 9.57 Å². The van der Waals surface area contributed by atoms with E-state index in [0.29, 0.717) is 17.9 Å². The zero-order chi connectivity index (χ0) is 15.2. The van der Waals surface area contributed by atoms with E-state index >= 15 is 0 Å². The number of hydrogen-bond donors (Lipinski definition) is 0. The Morgan fingerprint density at radius 1 is 1.14 bits per heavy atom. The van der Waals surface area contributed by atoms with Crippen molar-refractivity contribution in [3.05, 3.63) is 65.2 Å². The van der Waals surface area contributed by atoms with Crippen LogP contribution in [-0.2, 0) is 11.4 Å². The van der Waals surface area contributed by atoms with Gasteiger partial charge in [-0.2, -0.15) is 0 Å². The van der Waals surface area contributed by atoms with Crippen molar-refractivity contribution in [2.45, 2.75) is 13.5 Å². The first kappa shape index (κ1) is 15.1. The van der Waals surface area contributed by atoms with Crippen LogP contribution < -0.4 is 4.74 Å². The number of rotatable bonds is 5. The number of hydrogen-bond acceptors (Lipinski definition) is 3. The molecule has 21 heavy (non-hydrogen) atoms. The third-order valence-corrected chi connectivity index (χ3v) is 3.23. The summed E-state index contributed by atoms with van der Waals surface area (Å²) in [5.41, 5.74) is 2.61. The highest BCUT2D eigenvalue weighted by molar-refractivity contribution is 5.93. The van der Waals surface area contributed by atoms with Gasteiger partial charge < -0.3 is 4.74 Å². The van der Waals surface area contributed by atoms with Gasteiger partial charge in [0.15, 0.2) is 0 Å². The maximum atomic E-state index is 12.1. The first-order valence-electron chi connectivity index (χ1n) is 6.71. The second-order valence-corrected chi connectivity index (χ2v) is 4.74. The Morgan fingerprint density at radius 2 is 1.86 bits per heavy atom. The van der Waals surface area contributed by atoms with Gasteiger partial charge in [-0.1, -0.05) is 36.4 Å². The zero-order valence-electron chi connectivity index (χ0n) is 12.5. The standard InChI is InChI=1S/C17H19NO3/c1-13-9-10-15(17(19)18(2)20-3)11-16(13)21-12-14-7-5-4-6-8-14/h4-11H,12H2,1-3H3. The van der Waals surface area contributed by atoms with Crippen LogP contribution in [0.1, 0.15) is 21.5 Å². The van der Waals surface area contributed by atoms with E-state index in [1.807, 2.05) is 43.3 Å². The molecule has 4 heteroatoms. The lowest BCUT2D eigenvalue weighted by Crippen LogP contribution is -2.25. The Hall–Kier alpha value is -2.33. The van der Waals surface area contributed by atoms with Gasteiger partial charge in [0.25, 0.3) is 5.91 Å². The summed E-state index contributed by atoms with van der Waals surface area (Å²) in [6.45, 7) is 2.42. The molecule has 4 nitrogen and oxygen atoms in total. The van der Waals surface area contributed by atoms with Crippen molar-refractivity contribution in [2.24, 2.45) is 0 Å². The molecule has 0 N–H and O–H groups in total. The Labute approximate surface area is 124 Å². The van der Waals surface area contributed by atoms with Crippen LogP contribution >= 0.6 is 0 Å². The third-order valence-electron chi connectivity index (χ3n) is 3.23. The zero-order valence-corrected chi connectivity index (χ0v) is 12.5. The molecular weight excluding hydrogens is 266 g/mol. The molecule has 1 amide bonds. The van der Waals surface area contributed by atoms with E-state index in [0.717, 1.165) is 11.1 Å². The number of benzene rings is 2. The first-order chi connectivity index (χ1) is 10.1. The van der Waals surface area contributed by atoms with Crippen LogP contribution in [0.15, 0.2) is 48.5 Å². The molecule has 0 saturated carbocycles. The number of nitrogens with zero attached hydrogens (tertiary/aromatic N) is 1. The highest BCUT2D eigenvalue weighted by atomic mass is 16.7. The van der Waals surface area contributed by atoms with Crippen molar-refractivity contribution in [1.29, 1.82) is 0 Å². The topological polar surface area (TPSA) is 38.8 Å². The summed E-state index contributed by atoms with van der Waals surface area (Å²) in [5.74, 6) is 0.497. The average molecular weight is 285 g/mol. The average Bonchev–Trinajstić information content (AvgIpc) is 2.53. The predicted octanol–water partition coefficient (Wildman–Crippen LogP) is 3.21. The van der Waals surface area contributed by atoms with Gasteiger partial charge in [0.2, 0.25) is 0 Å². The molecular formula is C17H19NO3. The molecule has 2 rings (SSSR count). The minimum absolute atomic E-state index is 0.206. The summed E-state index contributed by atoms with van der Waals surface area (Å²) in [6, 6.07) is 15.3. The number of hydroxylamine groups is 2. The van der Waals surface area contributed by atoms with Crippen LogP contribution in [0.4, 0.5) is 0 Å². The van der Waals surface area contributed by atoms with Gasteiger partial charge in [-0.3, -0.25) is 9.63 Å². The van der Waals surface area contributed by atoms with E-state index in [9.17, 15) is 4.79 Å². The second-order valence-electron chi connectivity index (χ2n) is 4.74. The second kappa shape index (κ2) is 6.90. The third kappa shape index (κ3) is 3.83. The molecule has 0 atom stereocenters. The molecule has 2 aromatic rings. The number of amides is 1. The van der Waals surface area contributed by atoms with Crippen LogP contribution in [0.25, 0.3) is 0 Å². The normalized spacial score (nSPS) is 10.2. The summed E-state index contributed by atoms with van der Waals surface area (Å²) in [4.78, 5) is 17.0. The fourth-order valence-corrected chi connectivity index (χ4v) is 1.89. The maximum Gasteiger partial charge on any atom is 0.277 e. The lowest BCUT2D eigenvalue weighted by Gasteiger charge is -2.15. The van der Waals surface area contributed by atoms with Crippen molar-refractivity contribution >= 4 is 5.91 Å². The fraction of sp³-hybridized carbons (Fsp3) is 0.235. The van der Waals surface area contributed by atoms with Crippen molar-refractivity contribution in [2.75, 3.05) is 14.2 Å². The maximum absolute atomic E-state index is 12.1. The van der Waals surface area contributed by atoms with Gasteiger partial charge in [0.05, 0.1) is 7.11 Å². The number of carbonyl (C=O) groups excluding carboxylic acids is 1. The van der Waals surface area contributed by atoms with Gasteiger partial charge in [-0.15, -0.1) is 0 Å². The molecule has 0 aromatic heterocycles. The van der Waals surface area contributed by atoms with Crippen LogP contribution in [0.3, 0.4) is 0 Å². The van der Waals surface area contributed by atoms with Crippen molar-refractivity contribution in [1.82, 2.24) is 5.06 Å². The molecule has 0 radical (unpaired) electrons. The number of ether oxygens (including phenoxy) is 1. The molecule has 0 unspecified atom stereocenters. The lowest BCUT2D eigenvalue weighted by molar-refractivity contribution is -0.0757. The van der Waals surface area contributed by atoms with Gasteiger partial charge in [0, 0.05) is 12.6 Å². The molecule has 110 valence electrons. The molecule has 0 fully saturated rings. The molecule has 0 saturated heterocycles. The van der Waals surface area contributed by atoms with E-state index in [2.05, 4.69) is 0 Å². The van der Waals surface area contributed by atoms with Crippen molar-refractivity contribution in [3.8, 4) is 5.75 Å². The summed E-state index contributed by atoms with van der Waals surface area (Å²) in [7, 11) is 3.03. The SMILES string of the molecule is CON(C)C(=O)c1ccc(C)c(OCc2ccccc2)c1. The smallest absolute Gasteiger partial charge is 0.277 e. The Morgan fingerprint density at radius 3 is 2.52 bits per heavy atom. The molecule has 2 aromatic carbocycles. The van der Waals surface area contributed by atoms with Gasteiger partial charge in [-0.25, -0.2) is 5.06 Å². The monoisotopic (exact) mass is 285 g/mol. The number of carbonyl (C=O) groups is 1. The first-order valence-corrected chi connectivity index (χ1v) is 6.71. The Balaban J connectivity index is 2.14. The minimum atomic E-state index is -0.206. The van der Waals surface area contributed by atoms with Crippen LogP contribution in [0, 0.1) is 6.92 Å². The largest absolute Gasteiger partial charge is 0.489 e. The molecule has 0 aliphatic rings. The van der Waals surface area contributed by atoms with E-state index < -0.39 is 0 Å². The lowest BCUT2D eigenvalue weighted by atomic mass is 10.1. The van der Waals surface area contributed by atoms with Gasteiger partial charge >= 0.3 is 0 Å². The van der Waals surface area contributed by atoms with Gasteiger partial charge in [-0.05, 0) is 30.2 Å².